The van der Waals surface area contributed by atoms with Crippen molar-refractivity contribution in [3.05, 3.63) is 32.8 Å². The Labute approximate surface area is 120 Å². The first kappa shape index (κ1) is 14.2. The van der Waals surface area contributed by atoms with E-state index >= 15 is 0 Å². The zero-order valence-electron chi connectivity index (χ0n) is 10.6. The Morgan fingerprint density at radius 3 is 2.79 bits per heavy atom. The van der Waals surface area contributed by atoms with Gasteiger partial charge in [-0.05, 0) is 22.0 Å². The van der Waals surface area contributed by atoms with Gasteiger partial charge >= 0.3 is 0 Å². The van der Waals surface area contributed by atoms with Crippen LogP contribution in [0.3, 0.4) is 0 Å². The number of nitrogens with zero attached hydrogens (tertiary/aromatic N) is 2. The molecule has 1 aromatic rings. The molecule has 6 nitrogen and oxygen atoms in total. The molecule has 1 aliphatic rings. The Bertz CT molecular complexity index is 449. The Kier molecular flexibility index (Phi) is 5.12. The molecule has 0 aromatic heterocycles. The summed E-state index contributed by atoms with van der Waals surface area (Å²) in [6, 6.07) is 4.77. The molecule has 0 unspecified atom stereocenters. The predicted molar refractivity (Wildman–Crippen MR) is 78.6 cm³/mol. The summed E-state index contributed by atoms with van der Waals surface area (Å²) >= 11 is 3.35. The topological polar surface area (TPSA) is 70.4 Å². The fraction of sp³-hybridized carbons (Fsp3) is 0.500. The summed E-state index contributed by atoms with van der Waals surface area (Å²) in [6.45, 7) is 6.04. The number of nitrogens with one attached hydrogen (secondary N) is 2. The highest BCUT2D eigenvalue weighted by molar-refractivity contribution is 9.10. The Morgan fingerprint density at radius 2 is 2.16 bits per heavy atom. The number of nitro benzene ring substituents is 1. The van der Waals surface area contributed by atoms with Crippen LogP contribution in [0.1, 0.15) is 0 Å². The summed E-state index contributed by atoms with van der Waals surface area (Å²) in [5, 5.41) is 17.2. The van der Waals surface area contributed by atoms with Crippen LogP contribution < -0.4 is 10.6 Å². The number of halogens is 1. The molecular formula is C12H17BrN4O2. The van der Waals surface area contributed by atoms with Crippen LogP contribution in [0.4, 0.5) is 11.4 Å². The molecule has 7 heteroatoms. The van der Waals surface area contributed by atoms with Crippen molar-refractivity contribution in [2.45, 2.75) is 0 Å². The molecule has 2 N–H and O–H groups in total. The molecule has 19 heavy (non-hydrogen) atoms. The second-order valence-corrected chi connectivity index (χ2v) is 5.29. The normalized spacial score (nSPS) is 16.3. The smallest absolute Gasteiger partial charge is 0.270 e. The number of hydrogen-bond donors (Lipinski definition) is 2. The second-order valence-electron chi connectivity index (χ2n) is 4.44. The predicted octanol–water partition coefficient (Wildman–Crippen LogP) is 1.67. The summed E-state index contributed by atoms with van der Waals surface area (Å²) < 4.78 is 0.724. The van der Waals surface area contributed by atoms with Crippen LogP contribution in [0.5, 0.6) is 0 Å². The maximum atomic E-state index is 10.6. The molecule has 1 saturated heterocycles. The van der Waals surface area contributed by atoms with Crippen LogP contribution in [-0.2, 0) is 0 Å². The zero-order chi connectivity index (χ0) is 13.7. The van der Waals surface area contributed by atoms with E-state index in [1.807, 2.05) is 0 Å². The minimum absolute atomic E-state index is 0.0968. The van der Waals surface area contributed by atoms with E-state index in [0.717, 1.165) is 49.4 Å². The van der Waals surface area contributed by atoms with Gasteiger partial charge in [0.25, 0.3) is 5.69 Å². The summed E-state index contributed by atoms with van der Waals surface area (Å²) in [5.41, 5.74) is 0.986. The average molecular weight is 329 g/mol. The van der Waals surface area contributed by atoms with Crippen molar-refractivity contribution in [1.82, 2.24) is 10.2 Å². The van der Waals surface area contributed by atoms with Gasteiger partial charge in [-0.3, -0.25) is 15.0 Å². The van der Waals surface area contributed by atoms with Crippen LogP contribution in [0.2, 0.25) is 0 Å². The van der Waals surface area contributed by atoms with Crippen molar-refractivity contribution < 1.29 is 4.92 Å². The third kappa shape index (κ3) is 4.15. The first-order valence-corrected chi connectivity index (χ1v) is 7.07. The molecule has 1 heterocycles. The number of piperazine rings is 1. The lowest BCUT2D eigenvalue weighted by molar-refractivity contribution is -0.384. The van der Waals surface area contributed by atoms with Crippen molar-refractivity contribution in [3.8, 4) is 0 Å². The monoisotopic (exact) mass is 328 g/mol. The van der Waals surface area contributed by atoms with E-state index in [-0.39, 0.29) is 5.69 Å². The van der Waals surface area contributed by atoms with Crippen molar-refractivity contribution in [2.24, 2.45) is 0 Å². The Morgan fingerprint density at radius 1 is 1.42 bits per heavy atom. The van der Waals surface area contributed by atoms with Crippen molar-refractivity contribution in [3.63, 3.8) is 0 Å². The molecule has 0 bridgehead atoms. The highest BCUT2D eigenvalue weighted by Gasteiger charge is 2.10. The minimum Gasteiger partial charge on any atom is -0.383 e. The van der Waals surface area contributed by atoms with E-state index in [2.05, 4.69) is 31.5 Å². The van der Waals surface area contributed by atoms with E-state index in [4.69, 9.17) is 0 Å². The Hall–Kier alpha value is -1.18. The summed E-state index contributed by atoms with van der Waals surface area (Å²) in [7, 11) is 0. The highest BCUT2D eigenvalue weighted by atomic mass is 79.9. The fourth-order valence-electron chi connectivity index (χ4n) is 2.04. The van der Waals surface area contributed by atoms with Crippen LogP contribution >= 0.6 is 15.9 Å². The highest BCUT2D eigenvalue weighted by Crippen LogP contribution is 2.26. The molecule has 0 atom stereocenters. The molecule has 2 rings (SSSR count). The fourth-order valence-corrected chi connectivity index (χ4v) is 2.55. The first-order chi connectivity index (χ1) is 9.16. The molecule has 0 radical (unpaired) electrons. The van der Waals surface area contributed by atoms with Gasteiger partial charge in [-0.25, -0.2) is 0 Å². The number of rotatable bonds is 5. The van der Waals surface area contributed by atoms with E-state index < -0.39 is 4.92 Å². The van der Waals surface area contributed by atoms with Gasteiger partial charge in [0.1, 0.15) is 0 Å². The van der Waals surface area contributed by atoms with E-state index in [1.165, 1.54) is 12.1 Å². The third-order valence-corrected chi connectivity index (χ3v) is 3.77. The van der Waals surface area contributed by atoms with E-state index in [9.17, 15) is 10.1 Å². The number of benzene rings is 1. The van der Waals surface area contributed by atoms with Gasteiger partial charge in [0.2, 0.25) is 0 Å². The van der Waals surface area contributed by atoms with Crippen LogP contribution in [0.15, 0.2) is 22.7 Å². The van der Waals surface area contributed by atoms with Crippen LogP contribution in [0.25, 0.3) is 0 Å². The van der Waals surface area contributed by atoms with E-state index in [0.29, 0.717) is 0 Å². The lowest BCUT2D eigenvalue weighted by atomic mass is 10.3. The minimum atomic E-state index is -0.394. The van der Waals surface area contributed by atoms with Gasteiger partial charge in [-0.1, -0.05) is 0 Å². The molecule has 1 aromatic carbocycles. The second kappa shape index (κ2) is 6.83. The molecule has 0 spiro atoms. The average Bonchev–Trinajstić information content (AvgIpc) is 2.41. The molecular weight excluding hydrogens is 312 g/mol. The number of hydrogen-bond acceptors (Lipinski definition) is 5. The van der Waals surface area contributed by atoms with Gasteiger partial charge in [0.05, 0.1) is 4.92 Å². The molecule has 0 amide bonds. The molecule has 0 aliphatic carbocycles. The summed E-state index contributed by atoms with van der Waals surface area (Å²) in [6.07, 6.45) is 0. The van der Waals surface area contributed by atoms with Crippen LogP contribution in [-0.4, -0.2) is 49.1 Å². The zero-order valence-corrected chi connectivity index (χ0v) is 12.1. The Balaban J connectivity index is 1.83. The maximum Gasteiger partial charge on any atom is 0.270 e. The lowest BCUT2D eigenvalue weighted by Crippen LogP contribution is -2.45. The molecule has 0 saturated carbocycles. The number of non-ortho nitro benzene ring substituents is 1. The number of nitro groups is 1. The lowest BCUT2D eigenvalue weighted by Gasteiger charge is -2.27. The van der Waals surface area contributed by atoms with Gasteiger partial charge in [0, 0.05) is 61.6 Å². The van der Waals surface area contributed by atoms with Gasteiger partial charge in [-0.15, -0.1) is 0 Å². The maximum absolute atomic E-state index is 10.6. The van der Waals surface area contributed by atoms with Crippen LogP contribution in [0, 0.1) is 10.1 Å². The van der Waals surface area contributed by atoms with Gasteiger partial charge in [-0.2, -0.15) is 0 Å². The summed E-state index contributed by atoms with van der Waals surface area (Å²) in [5.74, 6) is 0. The van der Waals surface area contributed by atoms with Crippen molar-refractivity contribution in [2.75, 3.05) is 44.6 Å². The van der Waals surface area contributed by atoms with Crippen molar-refractivity contribution in [1.29, 1.82) is 0 Å². The number of anilines is 1. The molecule has 1 aliphatic heterocycles. The molecule has 1 fully saturated rings. The first-order valence-electron chi connectivity index (χ1n) is 6.28. The SMILES string of the molecule is O=[N+]([O-])c1ccc(NCCN2CCNCC2)c(Br)c1. The third-order valence-electron chi connectivity index (χ3n) is 3.12. The van der Waals surface area contributed by atoms with Crippen molar-refractivity contribution >= 4 is 27.3 Å². The largest absolute Gasteiger partial charge is 0.383 e. The van der Waals surface area contributed by atoms with Gasteiger partial charge in [0.15, 0.2) is 0 Å². The van der Waals surface area contributed by atoms with Gasteiger partial charge < -0.3 is 10.6 Å². The quantitative estimate of drug-likeness (QED) is 0.635. The van der Waals surface area contributed by atoms with E-state index in [1.54, 1.807) is 6.07 Å². The standard InChI is InChI=1S/C12H17BrN4O2/c13-11-9-10(17(18)19)1-2-12(11)15-5-8-16-6-3-14-4-7-16/h1-2,9,14-15H,3-8H2. The molecule has 104 valence electrons. The summed E-state index contributed by atoms with van der Waals surface area (Å²) in [4.78, 5) is 12.6.